The highest BCUT2D eigenvalue weighted by Gasteiger charge is 2.00. The molecule has 1 rings (SSSR count). The van der Waals surface area contributed by atoms with Gasteiger partial charge in [0.25, 0.3) is 5.91 Å². The number of amides is 1. The van der Waals surface area contributed by atoms with Gasteiger partial charge in [0.1, 0.15) is 0 Å². The van der Waals surface area contributed by atoms with Crippen molar-refractivity contribution in [1.29, 1.82) is 0 Å². The minimum absolute atomic E-state index is 0.0547. The molecule has 1 aromatic carbocycles. The van der Waals surface area contributed by atoms with Crippen LogP contribution in [0.5, 0.6) is 0 Å². The van der Waals surface area contributed by atoms with E-state index in [0.717, 1.165) is 17.7 Å². The summed E-state index contributed by atoms with van der Waals surface area (Å²) >= 11 is 4.12. The SMILES string of the molecule is CNC(=O)c1ccc(C=CCCS)cc1. The first kappa shape index (κ1) is 11.9. The average molecular weight is 221 g/mol. The Morgan fingerprint density at radius 2 is 2.07 bits per heavy atom. The molecule has 0 bridgehead atoms. The van der Waals surface area contributed by atoms with Crippen LogP contribution in [0.25, 0.3) is 6.08 Å². The Balaban J connectivity index is 2.68. The minimum atomic E-state index is -0.0547. The fourth-order valence-electron chi connectivity index (χ4n) is 1.18. The average Bonchev–Trinajstić information content (AvgIpc) is 2.29. The zero-order chi connectivity index (χ0) is 11.1. The van der Waals surface area contributed by atoms with Crippen LogP contribution in [0.1, 0.15) is 22.3 Å². The number of hydrogen-bond acceptors (Lipinski definition) is 2. The van der Waals surface area contributed by atoms with E-state index in [9.17, 15) is 4.79 Å². The molecule has 80 valence electrons. The maximum Gasteiger partial charge on any atom is 0.251 e. The van der Waals surface area contributed by atoms with Crippen LogP contribution in [0.4, 0.5) is 0 Å². The molecule has 1 N–H and O–H groups in total. The lowest BCUT2D eigenvalue weighted by Crippen LogP contribution is -2.17. The monoisotopic (exact) mass is 221 g/mol. The molecule has 0 unspecified atom stereocenters. The summed E-state index contributed by atoms with van der Waals surface area (Å²) in [6.07, 6.45) is 5.06. The van der Waals surface area contributed by atoms with E-state index in [1.54, 1.807) is 7.05 Å². The van der Waals surface area contributed by atoms with Gasteiger partial charge in [-0.1, -0.05) is 24.3 Å². The second-order valence-corrected chi connectivity index (χ2v) is 3.56. The number of carbonyl (C=O) groups is 1. The molecule has 1 amide bonds. The first-order valence-corrected chi connectivity index (χ1v) is 5.50. The van der Waals surface area contributed by atoms with Crippen molar-refractivity contribution in [3.8, 4) is 0 Å². The second-order valence-electron chi connectivity index (χ2n) is 3.12. The predicted molar refractivity (Wildman–Crippen MR) is 67.3 cm³/mol. The topological polar surface area (TPSA) is 29.1 Å². The molecule has 0 saturated heterocycles. The quantitative estimate of drug-likeness (QED) is 0.751. The molecule has 1 aromatic rings. The lowest BCUT2D eigenvalue weighted by molar-refractivity contribution is 0.0963. The first-order valence-electron chi connectivity index (χ1n) is 4.87. The summed E-state index contributed by atoms with van der Waals surface area (Å²) in [5, 5.41) is 2.59. The third kappa shape index (κ3) is 3.80. The van der Waals surface area contributed by atoms with Crippen molar-refractivity contribution >= 4 is 24.6 Å². The number of allylic oxidation sites excluding steroid dienone is 1. The number of nitrogens with one attached hydrogen (secondary N) is 1. The third-order valence-corrected chi connectivity index (χ3v) is 2.26. The fourth-order valence-corrected chi connectivity index (χ4v) is 1.33. The van der Waals surface area contributed by atoms with Crippen LogP contribution < -0.4 is 5.32 Å². The van der Waals surface area contributed by atoms with Gasteiger partial charge in [-0.2, -0.15) is 12.6 Å². The van der Waals surface area contributed by atoms with Gasteiger partial charge < -0.3 is 5.32 Å². The minimum Gasteiger partial charge on any atom is -0.355 e. The van der Waals surface area contributed by atoms with E-state index in [-0.39, 0.29) is 5.91 Å². The van der Waals surface area contributed by atoms with Crippen molar-refractivity contribution in [2.24, 2.45) is 0 Å². The highest BCUT2D eigenvalue weighted by Crippen LogP contribution is 2.06. The zero-order valence-electron chi connectivity index (χ0n) is 8.73. The lowest BCUT2D eigenvalue weighted by atomic mass is 10.1. The van der Waals surface area contributed by atoms with E-state index in [4.69, 9.17) is 0 Å². The molecule has 0 spiro atoms. The van der Waals surface area contributed by atoms with Gasteiger partial charge in [0, 0.05) is 12.6 Å². The normalized spacial score (nSPS) is 10.5. The molecule has 15 heavy (non-hydrogen) atoms. The highest BCUT2D eigenvalue weighted by atomic mass is 32.1. The Hall–Kier alpha value is -1.22. The van der Waals surface area contributed by atoms with Crippen molar-refractivity contribution in [1.82, 2.24) is 5.32 Å². The van der Waals surface area contributed by atoms with Gasteiger partial charge in [-0.25, -0.2) is 0 Å². The number of rotatable bonds is 4. The Bertz CT molecular complexity index is 343. The molecule has 0 aliphatic rings. The van der Waals surface area contributed by atoms with Crippen LogP contribution in [0.15, 0.2) is 30.3 Å². The van der Waals surface area contributed by atoms with Crippen molar-refractivity contribution in [3.05, 3.63) is 41.5 Å². The van der Waals surface area contributed by atoms with Crippen LogP contribution in [0.3, 0.4) is 0 Å². The Morgan fingerprint density at radius 1 is 1.40 bits per heavy atom. The van der Waals surface area contributed by atoms with Crippen LogP contribution >= 0.6 is 12.6 Å². The lowest BCUT2D eigenvalue weighted by Gasteiger charge is -1.99. The van der Waals surface area contributed by atoms with Gasteiger partial charge in [0.05, 0.1) is 0 Å². The van der Waals surface area contributed by atoms with E-state index in [0.29, 0.717) is 5.56 Å². The van der Waals surface area contributed by atoms with Crippen LogP contribution in [0.2, 0.25) is 0 Å². The first-order chi connectivity index (χ1) is 7.27. The predicted octanol–water partition coefficient (Wildman–Crippen LogP) is 2.38. The van der Waals surface area contributed by atoms with E-state index in [1.807, 2.05) is 30.3 Å². The van der Waals surface area contributed by atoms with Crippen molar-refractivity contribution < 1.29 is 4.79 Å². The summed E-state index contributed by atoms with van der Waals surface area (Å²) < 4.78 is 0. The molecular weight excluding hydrogens is 206 g/mol. The molecule has 0 radical (unpaired) electrons. The summed E-state index contributed by atoms with van der Waals surface area (Å²) in [6.45, 7) is 0. The van der Waals surface area contributed by atoms with Crippen molar-refractivity contribution in [2.45, 2.75) is 6.42 Å². The van der Waals surface area contributed by atoms with Crippen LogP contribution in [-0.2, 0) is 0 Å². The Labute approximate surface area is 95.8 Å². The van der Waals surface area contributed by atoms with E-state index >= 15 is 0 Å². The smallest absolute Gasteiger partial charge is 0.251 e. The molecular formula is C12H15NOS. The number of benzene rings is 1. The molecule has 0 atom stereocenters. The van der Waals surface area contributed by atoms with E-state index < -0.39 is 0 Å². The molecule has 2 nitrogen and oxygen atoms in total. The van der Waals surface area contributed by atoms with Crippen LogP contribution in [-0.4, -0.2) is 18.7 Å². The highest BCUT2D eigenvalue weighted by molar-refractivity contribution is 7.80. The third-order valence-electron chi connectivity index (χ3n) is 2.01. The van der Waals surface area contributed by atoms with Gasteiger partial charge >= 0.3 is 0 Å². The van der Waals surface area contributed by atoms with Gasteiger partial charge in [-0.15, -0.1) is 0 Å². The summed E-state index contributed by atoms with van der Waals surface area (Å²) in [5.41, 5.74) is 1.79. The van der Waals surface area contributed by atoms with Crippen molar-refractivity contribution in [2.75, 3.05) is 12.8 Å². The van der Waals surface area contributed by atoms with Crippen LogP contribution in [0, 0.1) is 0 Å². The molecule has 0 aromatic heterocycles. The molecule has 0 aliphatic heterocycles. The summed E-state index contributed by atoms with van der Waals surface area (Å²) in [7, 11) is 1.63. The molecule has 0 fully saturated rings. The Morgan fingerprint density at radius 3 is 2.60 bits per heavy atom. The summed E-state index contributed by atoms with van der Waals surface area (Å²) in [4.78, 5) is 11.2. The summed E-state index contributed by atoms with van der Waals surface area (Å²) in [6, 6.07) is 7.50. The van der Waals surface area contributed by atoms with Gasteiger partial charge in [0.15, 0.2) is 0 Å². The molecule has 0 heterocycles. The van der Waals surface area contributed by atoms with Gasteiger partial charge in [-0.3, -0.25) is 4.79 Å². The largest absolute Gasteiger partial charge is 0.355 e. The second kappa shape index (κ2) is 6.30. The molecule has 3 heteroatoms. The molecule has 0 aliphatic carbocycles. The number of thiol groups is 1. The molecule has 0 saturated carbocycles. The standard InChI is InChI=1S/C12H15NOS/c1-13-12(14)11-7-5-10(6-8-11)4-2-3-9-15/h2,4-8,15H,3,9H2,1H3,(H,13,14). The zero-order valence-corrected chi connectivity index (χ0v) is 9.63. The number of hydrogen-bond donors (Lipinski definition) is 2. The maximum atomic E-state index is 11.2. The van der Waals surface area contributed by atoms with Gasteiger partial charge in [-0.05, 0) is 29.9 Å². The summed E-state index contributed by atoms with van der Waals surface area (Å²) in [5.74, 6) is 0.799. The van der Waals surface area contributed by atoms with Gasteiger partial charge in [0.2, 0.25) is 0 Å². The van der Waals surface area contributed by atoms with E-state index in [2.05, 4.69) is 24.0 Å². The maximum absolute atomic E-state index is 11.2. The Kier molecular flexibility index (Phi) is 4.98. The number of carbonyl (C=O) groups excluding carboxylic acids is 1. The van der Waals surface area contributed by atoms with E-state index in [1.165, 1.54) is 0 Å². The van der Waals surface area contributed by atoms with Crippen molar-refractivity contribution in [3.63, 3.8) is 0 Å². The fraction of sp³-hybridized carbons (Fsp3) is 0.250.